The second-order valence-electron chi connectivity index (χ2n) is 6.73. The number of carbonyl (C=O) groups excluding carboxylic acids is 2. The van der Waals surface area contributed by atoms with Crippen molar-refractivity contribution in [1.29, 1.82) is 0 Å². The molecule has 3 aromatic rings. The average molecular weight is 487 g/mol. The number of benzene rings is 3. The summed E-state index contributed by atoms with van der Waals surface area (Å²) in [6.45, 7) is 0. The van der Waals surface area contributed by atoms with Crippen LogP contribution < -0.4 is 24.8 Å². The first-order valence-electron chi connectivity index (χ1n) is 9.83. The minimum Gasteiger partial charge on any atom is -0.497 e. The standard InChI is InChI=1S/C24H23ClN2O5S/c1-30-17-8-4-15(5-9-17)24(29)26-16-6-10-18(11-7-16)33-14-23(28)27-20-12-19(25)21(31-2)13-22(20)32-3/h4-13H,14H2,1-3H3,(H,26,29)(H,27,28). The van der Waals surface area contributed by atoms with Crippen molar-refractivity contribution >= 4 is 46.6 Å². The molecule has 0 fully saturated rings. The Morgan fingerprint density at radius 2 is 1.52 bits per heavy atom. The van der Waals surface area contributed by atoms with Crippen molar-refractivity contribution in [3.05, 3.63) is 71.2 Å². The summed E-state index contributed by atoms with van der Waals surface area (Å²) in [6.07, 6.45) is 0. The van der Waals surface area contributed by atoms with Gasteiger partial charge in [-0.15, -0.1) is 11.8 Å². The molecule has 0 atom stereocenters. The number of hydrogen-bond acceptors (Lipinski definition) is 6. The highest BCUT2D eigenvalue weighted by Crippen LogP contribution is 2.36. The lowest BCUT2D eigenvalue weighted by atomic mass is 10.2. The van der Waals surface area contributed by atoms with E-state index in [1.54, 1.807) is 55.6 Å². The van der Waals surface area contributed by atoms with Gasteiger partial charge in [-0.25, -0.2) is 0 Å². The van der Waals surface area contributed by atoms with Crippen LogP contribution in [0.3, 0.4) is 0 Å². The van der Waals surface area contributed by atoms with E-state index in [0.29, 0.717) is 39.2 Å². The van der Waals surface area contributed by atoms with Gasteiger partial charge in [0.15, 0.2) is 0 Å². The molecule has 0 unspecified atom stereocenters. The van der Waals surface area contributed by atoms with Gasteiger partial charge in [0.2, 0.25) is 5.91 Å². The molecule has 0 heterocycles. The molecule has 0 aliphatic heterocycles. The lowest BCUT2D eigenvalue weighted by Crippen LogP contribution is -2.15. The Labute approximate surface area is 201 Å². The van der Waals surface area contributed by atoms with Gasteiger partial charge >= 0.3 is 0 Å². The van der Waals surface area contributed by atoms with E-state index in [0.717, 1.165) is 4.90 Å². The summed E-state index contributed by atoms with van der Waals surface area (Å²) in [7, 11) is 4.58. The van der Waals surface area contributed by atoms with Gasteiger partial charge in [-0.2, -0.15) is 0 Å². The van der Waals surface area contributed by atoms with Crippen molar-refractivity contribution in [3.63, 3.8) is 0 Å². The Hall–Kier alpha value is -3.36. The molecular formula is C24H23ClN2O5S. The van der Waals surface area contributed by atoms with E-state index >= 15 is 0 Å². The molecule has 0 saturated carbocycles. The SMILES string of the molecule is COc1ccc(C(=O)Nc2ccc(SCC(=O)Nc3cc(Cl)c(OC)cc3OC)cc2)cc1. The van der Waals surface area contributed by atoms with Crippen LogP contribution in [-0.2, 0) is 4.79 Å². The van der Waals surface area contributed by atoms with Crippen molar-refractivity contribution in [2.45, 2.75) is 4.90 Å². The fourth-order valence-electron chi connectivity index (χ4n) is 2.87. The molecule has 0 saturated heterocycles. The van der Waals surface area contributed by atoms with Crippen LogP contribution >= 0.6 is 23.4 Å². The van der Waals surface area contributed by atoms with Gasteiger partial charge in [-0.05, 0) is 54.6 Å². The maximum atomic E-state index is 12.4. The Balaban J connectivity index is 1.54. The zero-order valence-electron chi connectivity index (χ0n) is 18.3. The molecular weight excluding hydrogens is 464 g/mol. The molecule has 0 spiro atoms. The van der Waals surface area contributed by atoms with Crippen LogP contribution in [0.2, 0.25) is 5.02 Å². The Bertz CT molecular complexity index is 1120. The summed E-state index contributed by atoms with van der Waals surface area (Å²) in [6, 6.07) is 17.3. The van der Waals surface area contributed by atoms with Crippen molar-refractivity contribution in [1.82, 2.24) is 0 Å². The molecule has 0 aromatic heterocycles. The number of anilines is 2. The minimum absolute atomic E-state index is 0.185. The Kier molecular flexibility index (Phi) is 8.46. The fourth-order valence-corrected chi connectivity index (χ4v) is 3.81. The van der Waals surface area contributed by atoms with E-state index in [1.165, 1.54) is 26.0 Å². The molecule has 0 aliphatic carbocycles. The highest BCUT2D eigenvalue weighted by atomic mass is 35.5. The first kappa shape index (κ1) is 24.3. The molecule has 172 valence electrons. The monoisotopic (exact) mass is 486 g/mol. The number of hydrogen-bond donors (Lipinski definition) is 2. The molecule has 0 radical (unpaired) electrons. The predicted octanol–water partition coefficient (Wildman–Crippen LogP) is 5.35. The van der Waals surface area contributed by atoms with Gasteiger partial charge in [-0.1, -0.05) is 11.6 Å². The lowest BCUT2D eigenvalue weighted by Gasteiger charge is -2.13. The third-order valence-electron chi connectivity index (χ3n) is 4.58. The summed E-state index contributed by atoms with van der Waals surface area (Å²) in [5, 5.41) is 6.01. The first-order valence-corrected chi connectivity index (χ1v) is 11.2. The van der Waals surface area contributed by atoms with E-state index in [1.807, 2.05) is 12.1 Å². The third kappa shape index (κ3) is 6.57. The number of methoxy groups -OCH3 is 3. The van der Waals surface area contributed by atoms with Gasteiger partial charge in [0.25, 0.3) is 5.91 Å². The number of carbonyl (C=O) groups is 2. The normalized spacial score (nSPS) is 10.3. The zero-order valence-corrected chi connectivity index (χ0v) is 19.9. The lowest BCUT2D eigenvalue weighted by molar-refractivity contribution is -0.113. The largest absolute Gasteiger partial charge is 0.497 e. The number of rotatable bonds is 9. The van der Waals surface area contributed by atoms with Gasteiger partial charge in [-0.3, -0.25) is 9.59 Å². The molecule has 7 nitrogen and oxygen atoms in total. The van der Waals surface area contributed by atoms with Gasteiger partial charge in [0.1, 0.15) is 17.2 Å². The predicted molar refractivity (Wildman–Crippen MR) is 131 cm³/mol. The number of amides is 2. The summed E-state index contributed by atoms with van der Waals surface area (Å²) < 4.78 is 15.6. The van der Waals surface area contributed by atoms with Crippen LogP contribution in [0.5, 0.6) is 17.2 Å². The Morgan fingerprint density at radius 3 is 2.12 bits per heavy atom. The number of ether oxygens (including phenoxy) is 3. The van der Waals surface area contributed by atoms with Gasteiger partial charge in [0.05, 0.1) is 37.8 Å². The molecule has 33 heavy (non-hydrogen) atoms. The summed E-state index contributed by atoms with van der Waals surface area (Å²) in [5.74, 6) is 1.35. The van der Waals surface area contributed by atoms with Gasteiger partial charge in [0, 0.05) is 22.2 Å². The summed E-state index contributed by atoms with van der Waals surface area (Å²) in [5.41, 5.74) is 1.65. The van der Waals surface area contributed by atoms with Crippen LogP contribution in [0, 0.1) is 0 Å². The van der Waals surface area contributed by atoms with E-state index in [4.69, 9.17) is 25.8 Å². The zero-order chi connectivity index (χ0) is 23.8. The molecule has 3 aromatic carbocycles. The van der Waals surface area contributed by atoms with Gasteiger partial charge < -0.3 is 24.8 Å². The summed E-state index contributed by atoms with van der Waals surface area (Å²) >= 11 is 7.51. The molecule has 0 bridgehead atoms. The molecule has 2 amide bonds. The average Bonchev–Trinajstić information content (AvgIpc) is 2.84. The maximum Gasteiger partial charge on any atom is 0.255 e. The molecule has 3 rings (SSSR count). The van der Waals surface area contributed by atoms with Crippen molar-refractivity contribution in [3.8, 4) is 17.2 Å². The molecule has 0 aliphatic rings. The topological polar surface area (TPSA) is 85.9 Å². The third-order valence-corrected chi connectivity index (χ3v) is 5.89. The smallest absolute Gasteiger partial charge is 0.255 e. The number of halogens is 1. The second-order valence-corrected chi connectivity index (χ2v) is 8.19. The van der Waals surface area contributed by atoms with Crippen molar-refractivity contribution in [2.24, 2.45) is 0 Å². The summed E-state index contributed by atoms with van der Waals surface area (Å²) in [4.78, 5) is 25.7. The highest BCUT2D eigenvalue weighted by molar-refractivity contribution is 8.00. The van der Waals surface area contributed by atoms with Crippen LogP contribution in [-0.4, -0.2) is 38.9 Å². The van der Waals surface area contributed by atoms with Crippen LogP contribution in [0.4, 0.5) is 11.4 Å². The number of nitrogens with one attached hydrogen (secondary N) is 2. The van der Waals surface area contributed by atoms with E-state index in [-0.39, 0.29) is 17.6 Å². The first-order chi connectivity index (χ1) is 15.9. The minimum atomic E-state index is -0.218. The van der Waals surface area contributed by atoms with E-state index in [9.17, 15) is 9.59 Å². The van der Waals surface area contributed by atoms with Crippen LogP contribution in [0.1, 0.15) is 10.4 Å². The van der Waals surface area contributed by atoms with E-state index in [2.05, 4.69) is 10.6 Å². The van der Waals surface area contributed by atoms with E-state index < -0.39 is 0 Å². The second kappa shape index (κ2) is 11.5. The fraction of sp³-hybridized carbons (Fsp3) is 0.167. The van der Waals surface area contributed by atoms with Crippen molar-refractivity contribution < 1.29 is 23.8 Å². The quantitative estimate of drug-likeness (QED) is 0.396. The highest BCUT2D eigenvalue weighted by Gasteiger charge is 2.13. The maximum absolute atomic E-state index is 12.4. The van der Waals surface area contributed by atoms with Crippen LogP contribution in [0.25, 0.3) is 0 Å². The van der Waals surface area contributed by atoms with Crippen LogP contribution in [0.15, 0.2) is 65.6 Å². The molecule has 9 heteroatoms. The Morgan fingerprint density at radius 1 is 0.848 bits per heavy atom. The molecule has 2 N–H and O–H groups in total. The number of thioether (sulfide) groups is 1. The van der Waals surface area contributed by atoms with Crippen molar-refractivity contribution in [2.75, 3.05) is 37.7 Å².